The summed E-state index contributed by atoms with van der Waals surface area (Å²) in [4.78, 5) is 11.1. The first kappa shape index (κ1) is 11.4. The van der Waals surface area contributed by atoms with Crippen LogP contribution >= 0.6 is 0 Å². The van der Waals surface area contributed by atoms with Gasteiger partial charge in [0.05, 0.1) is 12.5 Å². The minimum Gasteiger partial charge on any atom is -0.465 e. The van der Waals surface area contributed by atoms with E-state index in [2.05, 4.69) is 0 Å². The third-order valence-electron chi connectivity index (χ3n) is 1.81. The van der Waals surface area contributed by atoms with Crippen LogP contribution in [-0.4, -0.2) is 24.3 Å². The van der Waals surface area contributed by atoms with Crippen molar-refractivity contribution in [1.29, 1.82) is 0 Å². The van der Waals surface area contributed by atoms with Gasteiger partial charge in [0.1, 0.15) is 0 Å². The maximum atomic E-state index is 11.1. The molecule has 0 aliphatic heterocycles. The lowest BCUT2D eigenvalue weighted by Gasteiger charge is -2.08. The van der Waals surface area contributed by atoms with Crippen molar-refractivity contribution >= 4 is 5.97 Å². The van der Waals surface area contributed by atoms with Gasteiger partial charge >= 0.3 is 5.97 Å². The van der Waals surface area contributed by atoms with Crippen LogP contribution < -0.4 is 0 Å². The van der Waals surface area contributed by atoms with Crippen molar-refractivity contribution in [2.45, 2.75) is 33.1 Å². The van der Waals surface area contributed by atoms with Crippen LogP contribution in [0, 0.1) is 5.92 Å². The van der Waals surface area contributed by atoms with Gasteiger partial charge in [-0.3, -0.25) is 4.79 Å². The molecule has 72 valence electrons. The lowest BCUT2D eigenvalue weighted by molar-refractivity contribution is -0.148. The first-order valence-corrected chi connectivity index (χ1v) is 4.49. The molecule has 0 radical (unpaired) electrons. The SMILES string of the molecule is CCC(C)C(=O)OCCCCO. The molecule has 0 saturated heterocycles. The first-order valence-electron chi connectivity index (χ1n) is 4.49. The fourth-order valence-electron chi connectivity index (χ4n) is 0.696. The number of aliphatic hydroxyl groups is 1. The molecule has 0 bridgehead atoms. The number of unbranched alkanes of at least 4 members (excludes halogenated alkanes) is 1. The summed E-state index contributed by atoms with van der Waals surface area (Å²) in [7, 11) is 0. The summed E-state index contributed by atoms with van der Waals surface area (Å²) in [6.45, 7) is 4.42. The van der Waals surface area contributed by atoms with Crippen LogP contribution in [0.15, 0.2) is 0 Å². The van der Waals surface area contributed by atoms with E-state index < -0.39 is 0 Å². The molecule has 0 aliphatic rings. The zero-order valence-corrected chi connectivity index (χ0v) is 7.88. The minimum absolute atomic E-state index is 0.000809. The summed E-state index contributed by atoms with van der Waals surface area (Å²) >= 11 is 0. The Hall–Kier alpha value is -0.570. The second-order valence-electron chi connectivity index (χ2n) is 2.91. The van der Waals surface area contributed by atoms with E-state index in [1.807, 2.05) is 13.8 Å². The van der Waals surface area contributed by atoms with Crippen molar-refractivity contribution < 1.29 is 14.6 Å². The van der Waals surface area contributed by atoms with Gasteiger partial charge in [-0.25, -0.2) is 0 Å². The zero-order valence-electron chi connectivity index (χ0n) is 7.88. The fourth-order valence-corrected chi connectivity index (χ4v) is 0.696. The second-order valence-corrected chi connectivity index (χ2v) is 2.91. The molecule has 1 N–H and O–H groups in total. The molecule has 0 aliphatic carbocycles. The Kier molecular flexibility index (Phi) is 6.76. The normalized spacial score (nSPS) is 12.6. The third-order valence-corrected chi connectivity index (χ3v) is 1.81. The van der Waals surface area contributed by atoms with Gasteiger partial charge in [-0.1, -0.05) is 13.8 Å². The number of carbonyl (C=O) groups excluding carboxylic acids is 1. The Morgan fingerprint density at radius 3 is 2.67 bits per heavy atom. The van der Waals surface area contributed by atoms with Crippen molar-refractivity contribution in [3.63, 3.8) is 0 Å². The van der Waals surface area contributed by atoms with Gasteiger partial charge in [0.15, 0.2) is 0 Å². The van der Waals surface area contributed by atoms with Gasteiger partial charge in [0.25, 0.3) is 0 Å². The Morgan fingerprint density at radius 1 is 1.50 bits per heavy atom. The number of hydrogen-bond acceptors (Lipinski definition) is 3. The van der Waals surface area contributed by atoms with E-state index in [0.717, 1.165) is 12.8 Å². The summed E-state index contributed by atoms with van der Waals surface area (Å²) in [6.07, 6.45) is 2.27. The largest absolute Gasteiger partial charge is 0.465 e. The summed E-state index contributed by atoms with van der Waals surface area (Å²) in [5.41, 5.74) is 0. The van der Waals surface area contributed by atoms with E-state index >= 15 is 0 Å². The predicted octanol–water partition coefficient (Wildman–Crippen LogP) is 1.35. The smallest absolute Gasteiger partial charge is 0.308 e. The molecule has 0 amide bonds. The van der Waals surface area contributed by atoms with E-state index in [9.17, 15) is 4.79 Å². The molecule has 3 nitrogen and oxygen atoms in total. The average Bonchev–Trinajstić information content (AvgIpc) is 2.10. The molecule has 0 spiro atoms. The van der Waals surface area contributed by atoms with Crippen molar-refractivity contribution in [1.82, 2.24) is 0 Å². The van der Waals surface area contributed by atoms with E-state index in [-0.39, 0.29) is 18.5 Å². The minimum atomic E-state index is -0.129. The quantitative estimate of drug-likeness (QED) is 0.488. The molecule has 12 heavy (non-hydrogen) atoms. The Morgan fingerprint density at radius 2 is 2.17 bits per heavy atom. The average molecular weight is 174 g/mol. The predicted molar refractivity (Wildman–Crippen MR) is 46.7 cm³/mol. The van der Waals surface area contributed by atoms with E-state index in [1.165, 1.54) is 0 Å². The van der Waals surface area contributed by atoms with Gasteiger partial charge in [-0.15, -0.1) is 0 Å². The number of esters is 1. The number of hydrogen-bond donors (Lipinski definition) is 1. The third kappa shape index (κ3) is 5.13. The fraction of sp³-hybridized carbons (Fsp3) is 0.889. The molecule has 0 aromatic rings. The topological polar surface area (TPSA) is 46.5 Å². The van der Waals surface area contributed by atoms with Crippen molar-refractivity contribution in [2.75, 3.05) is 13.2 Å². The summed E-state index contributed by atoms with van der Waals surface area (Å²) in [5.74, 6) is -0.130. The van der Waals surface area contributed by atoms with Crippen molar-refractivity contribution in [3.05, 3.63) is 0 Å². The number of aliphatic hydroxyl groups excluding tert-OH is 1. The van der Waals surface area contributed by atoms with E-state index in [0.29, 0.717) is 13.0 Å². The van der Waals surface area contributed by atoms with Gasteiger partial charge < -0.3 is 9.84 Å². The van der Waals surface area contributed by atoms with Gasteiger partial charge in [-0.05, 0) is 19.3 Å². The molecule has 0 aromatic carbocycles. The van der Waals surface area contributed by atoms with Crippen molar-refractivity contribution in [3.8, 4) is 0 Å². The van der Waals surface area contributed by atoms with E-state index in [1.54, 1.807) is 0 Å². The van der Waals surface area contributed by atoms with Crippen molar-refractivity contribution in [2.24, 2.45) is 5.92 Å². The molecule has 0 fully saturated rings. The molecular weight excluding hydrogens is 156 g/mol. The van der Waals surface area contributed by atoms with Gasteiger partial charge in [0.2, 0.25) is 0 Å². The van der Waals surface area contributed by atoms with Crippen LogP contribution in [0.25, 0.3) is 0 Å². The molecule has 0 saturated carbocycles. The highest BCUT2D eigenvalue weighted by Crippen LogP contribution is 2.03. The molecule has 0 rings (SSSR count). The zero-order chi connectivity index (χ0) is 9.40. The van der Waals surface area contributed by atoms with Crippen LogP contribution in [0.1, 0.15) is 33.1 Å². The maximum absolute atomic E-state index is 11.1. The first-order chi connectivity index (χ1) is 5.72. The highest BCUT2D eigenvalue weighted by Gasteiger charge is 2.10. The van der Waals surface area contributed by atoms with Crippen LogP contribution in [0.4, 0.5) is 0 Å². The Balaban J connectivity index is 3.31. The summed E-state index contributed by atoms with van der Waals surface area (Å²) < 4.78 is 4.95. The summed E-state index contributed by atoms with van der Waals surface area (Å²) in [5, 5.41) is 8.45. The van der Waals surface area contributed by atoms with Crippen LogP contribution in [-0.2, 0) is 9.53 Å². The van der Waals surface area contributed by atoms with Gasteiger partial charge in [-0.2, -0.15) is 0 Å². The lowest BCUT2D eigenvalue weighted by atomic mass is 10.1. The standard InChI is InChI=1S/C9H18O3/c1-3-8(2)9(11)12-7-5-4-6-10/h8,10H,3-7H2,1-2H3. The van der Waals surface area contributed by atoms with Crippen LogP contribution in [0.5, 0.6) is 0 Å². The highest BCUT2D eigenvalue weighted by atomic mass is 16.5. The molecule has 0 heterocycles. The monoisotopic (exact) mass is 174 g/mol. The highest BCUT2D eigenvalue weighted by molar-refractivity contribution is 5.71. The van der Waals surface area contributed by atoms with Gasteiger partial charge in [0, 0.05) is 6.61 Å². The summed E-state index contributed by atoms with van der Waals surface area (Å²) in [6, 6.07) is 0. The molecule has 3 heteroatoms. The second kappa shape index (κ2) is 7.10. The molecule has 1 unspecified atom stereocenters. The molecule has 1 atom stereocenters. The maximum Gasteiger partial charge on any atom is 0.308 e. The number of rotatable bonds is 6. The van der Waals surface area contributed by atoms with Crippen LogP contribution in [0.3, 0.4) is 0 Å². The van der Waals surface area contributed by atoms with E-state index in [4.69, 9.17) is 9.84 Å². The number of ether oxygens (including phenoxy) is 1. The Labute approximate surface area is 73.7 Å². The molecule has 0 aromatic heterocycles. The Bertz CT molecular complexity index is 123. The van der Waals surface area contributed by atoms with Crippen LogP contribution in [0.2, 0.25) is 0 Å². The molecular formula is C9H18O3. The number of carbonyl (C=O) groups is 1. The lowest BCUT2D eigenvalue weighted by Crippen LogP contribution is -2.14.